The lowest BCUT2D eigenvalue weighted by atomic mass is 10.0. The normalized spacial score (nSPS) is 15.8. The lowest BCUT2D eigenvalue weighted by molar-refractivity contribution is -0.136. The molecule has 1 aromatic carbocycles. The standard InChI is InChI=1S/C13H17IN2O2/c1-9-10(7-13(17)18)6-11(8-12(9)14)16-4-2-15-3-5-16/h6,8,15H,2-5,7H2,1H3,(H,17,18). The lowest BCUT2D eigenvalue weighted by Crippen LogP contribution is -2.43. The van der Waals surface area contributed by atoms with Gasteiger partial charge in [-0.05, 0) is 52.8 Å². The summed E-state index contributed by atoms with van der Waals surface area (Å²) in [5, 5.41) is 12.3. The molecule has 98 valence electrons. The van der Waals surface area contributed by atoms with E-state index in [1.54, 1.807) is 0 Å². The predicted octanol–water partition coefficient (Wildman–Crippen LogP) is 1.64. The molecule has 18 heavy (non-hydrogen) atoms. The first-order valence-electron chi connectivity index (χ1n) is 6.04. The Morgan fingerprint density at radius 1 is 1.44 bits per heavy atom. The fourth-order valence-electron chi connectivity index (χ4n) is 2.17. The van der Waals surface area contributed by atoms with Gasteiger partial charge in [-0.2, -0.15) is 0 Å². The van der Waals surface area contributed by atoms with Crippen molar-refractivity contribution in [3.8, 4) is 0 Å². The number of nitrogens with one attached hydrogen (secondary N) is 1. The number of carbonyl (C=O) groups is 1. The molecule has 0 saturated carbocycles. The topological polar surface area (TPSA) is 52.6 Å². The molecular formula is C13H17IN2O2. The van der Waals surface area contributed by atoms with Gasteiger partial charge in [-0.1, -0.05) is 0 Å². The Balaban J connectivity index is 2.30. The second-order valence-corrected chi connectivity index (χ2v) is 5.68. The Hall–Kier alpha value is -0.820. The predicted molar refractivity (Wildman–Crippen MR) is 80.3 cm³/mol. The van der Waals surface area contributed by atoms with Crippen molar-refractivity contribution in [3.63, 3.8) is 0 Å². The van der Waals surface area contributed by atoms with Crippen molar-refractivity contribution in [1.29, 1.82) is 0 Å². The maximum Gasteiger partial charge on any atom is 0.307 e. The van der Waals surface area contributed by atoms with E-state index in [1.807, 2.05) is 13.0 Å². The Morgan fingerprint density at radius 2 is 2.11 bits per heavy atom. The first-order valence-corrected chi connectivity index (χ1v) is 7.12. The van der Waals surface area contributed by atoms with Gasteiger partial charge in [0.05, 0.1) is 6.42 Å². The fourth-order valence-corrected chi connectivity index (χ4v) is 2.84. The van der Waals surface area contributed by atoms with E-state index >= 15 is 0 Å². The van der Waals surface area contributed by atoms with Gasteiger partial charge >= 0.3 is 5.97 Å². The van der Waals surface area contributed by atoms with Crippen LogP contribution >= 0.6 is 22.6 Å². The SMILES string of the molecule is Cc1c(I)cc(N2CCNCC2)cc1CC(=O)O. The largest absolute Gasteiger partial charge is 0.481 e. The Bertz CT molecular complexity index is 457. The molecule has 5 heteroatoms. The number of piperazine rings is 1. The minimum atomic E-state index is -0.772. The summed E-state index contributed by atoms with van der Waals surface area (Å²) in [4.78, 5) is 13.2. The van der Waals surface area contributed by atoms with Crippen LogP contribution < -0.4 is 10.2 Å². The molecule has 0 aliphatic carbocycles. The number of anilines is 1. The van der Waals surface area contributed by atoms with Gasteiger partial charge in [-0.15, -0.1) is 0 Å². The lowest BCUT2D eigenvalue weighted by Gasteiger charge is -2.30. The molecule has 0 atom stereocenters. The molecule has 0 spiro atoms. The first kappa shape index (κ1) is 13.6. The van der Waals surface area contributed by atoms with Crippen LogP contribution in [0.4, 0.5) is 5.69 Å². The highest BCUT2D eigenvalue weighted by Gasteiger charge is 2.14. The number of hydrogen-bond donors (Lipinski definition) is 2. The average molecular weight is 360 g/mol. The van der Waals surface area contributed by atoms with Crippen molar-refractivity contribution < 1.29 is 9.90 Å². The number of benzene rings is 1. The molecule has 2 rings (SSSR count). The van der Waals surface area contributed by atoms with Crippen molar-refractivity contribution in [2.75, 3.05) is 31.1 Å². The summed E-state index contributed by atoms with van der Waals surface area (Å²) in [7, 11) is 0. The number of hydrogen-bond acceptors (Lipinski definition) is 3. The number of halogens is 1. The first-order chi connectivity index (χ1) is 8.58. The van der Waals surface area contributed by atoms with E-state index in [-0.39, 0.29) is 6.42 Å². The smallest absolute Gasteiger partial charge is 0.307 e. The molecule has 0 radical (unpaired) electrons. The van der Waals surface area contributed by atoms with E-state index in [0.717, 1.165) is 46.6 Å². The average Bonchev–Trinajstić information content (AvgIpc) is 2.35. The molecule has 1 aromatic rings. The van der Waals surface area contributed by atoms with Gasteiger partial charge in [0.1, 0.15) is 0 Å². The van der Waals surface area contributed by atoms with Crippen molar-refractivity contribution in [2.45, 2.75) is 13.3 Å². The summed E-state index contributed by atoms with van der Waals surface area (Å²) in [5.41, 5.74) is 3.14. The number of rotatable bonds is 3. The van der Waals surface area contributed by atoms with Gasteiger partial charge in [0.25, 0.3) is 0 Å². The van der Waals surface area contributed by atoms with Crippen LogP contribution in [0, 0.1) is 10.5 Å². The van der Waals surface area contributed by atoms with Gasteiger partial charge in [-0.3, -0.25) is 4.79 Å². The summed E-state index contributed by atoms with van der Waals surface area (Å²) in [6.45, 7) is 5.91. The zero-order valence-corrected chi connectivity index (χ0v) is 12.5. The highest BCUT2D eigenvalue weighted by molar-refractivity contribution is 14.1. The Labute approximate surface area is 121 Å². The van der Waals surface area contributed by atoms with Gasteiger partial charge in [0.15, 0.2) is 0 Å². The molecule has 1 fully saturated rings. The van der Waals surface area contributed by atoms with Gasteiger partial charge in [-0.25, -0.2) is 0 Å². The van der Waals surface area contributed by atoms with Crippen molar-refractivity contribution in [2.24, 2.45) is 0 Å². The minimum absolute atomic E-state index is 0.0990. The van der Waals surface area contributed by atoms with Crippen LogP contribution in [0.3, 0.4) is 0 Å². The van der Waals surface area contributed by atoms with E-state index in [4.69, 9.17) is 5.11 Å². The summed E-state index contributed by atoms with van der Waals surface area (Å²) < 4.78 is 1.14. The molecule has 0 bridgehead atoms. The van der Waals surface area contributed by atoms with Crippen LogP contribution in [-0.4, -0.2) is 37.3 Å². The highest BCUT2D eigenvalue weighted by atomic mass is 127. The minimum Gasteiger partial charge on any atom is -0.481 e. The molecule has 1 saturated heterocycles. The second kappa shape index (κ2) is 5.88. The van der Waals surface area contributed by atoms with Gasteiger partial charge in [0.2, 0.25) is 0 Å². The summed E-state index contributed by atoms with van der Waals surface area (Å²) in [6, 6.07) is 4.17. The molecule has 1 aliphatic heterocycles. The molecule has 0 amide bonds. The second-order valence-electron chi connectivity index (χ2n) is 4.52. The third-order valence-electron chi connectivity index (χ3n) is 3.26. The van der Waals surface area contributed by atoms with Crippen molar-refractivity contribution in [1.82, 2.24) is 5.32 Å². The molecule has 0 aromatic heterocycles. The van der Waals surface area contributed by atoms with E-state index < -0.39 is 5.97 Å². The third-order valence-corrected chi connectivity index (χ3v) is 4.38. The molecule has 4 nitrogen and oxygen atoms in total. The highest BCUT2D eigenvalue weighted by Crippen LogP contribution is 2.25. The molecule has 0 unspecified atom stereocenters. The number of carboxylic acid groups (broad SMARTS) is 1. The van der Waals surface area contributed by atoms with Crippen LogP contribution in [0.25, 0.3) is 0 Å². The Kier molecular flexibility index (Phi) is 4.45. The number of carboxylic acids is 1. The summed E-state index contributed by atoms with van der Waals surface area (Å²) >= 11 is 2.28. The maximum atomic E-state index is 10.9. The molecule has 1 heterocycles. The van der Waals surface area contributed by atoms with Crippen LogP contribution in [0.15, 0.2) is 12.1 Å². The molecule has 2 N–H and O–H groups in total. The molecule has 1 aliphatic rings. The van der Waals surface area contributed by atoms with E-state index in [0.29, 0.717) is 0 Å². The molecular weight excluding hydrogens is 343 g/mol. The summed E-state index contributed by atoms with van der Waals surface area (Å²) in [6.07, 6.45) is 0.0990. The van der Waals surface area contributed by atoms with E-state index in [2.05, 4.69) is 38.9 Å². The zero-order chi connectivity index (χ0) is 13.1. The number of nitrogens with zero attached hydrogens (tertiary/aromatic N) is 1. The third kappa shape index (κ3) is 3.14. The summed E-state index contributed by atoms with van der Waals surface area (Å²) in [5.74, 6) is -0.772. The van der Waals surface area contributed by atoms with Crippen LogP contribution in [-0.2, 0) is 11.2 Å². The van der Waals surface area contributed by atoms with Crippen LogP contribution in [0.2, 0.25) is 0 Å². The van der Waals surface area contributed by atoms with Crippen LogP contribution in [0.5, 0.6) is 0 Å². The van der Waals surface area contributed by atoms with E-state index in [9.17, 15) is 4.79 Å². The van der Waals surface area contributed by atoms with Crippen LogP contribution in [0.1, 0.15) is 11.1 Å². The monoisotopic (exact) mass is 360 g/mol. The van der Waals surface area contributed by atoms with Crippen molar-refractivity contribution in [3.05, 3.63) is 26.8 Å². The quantitative estimate of drug-likeness (QED) is 0.805. The van der Waals surface area contributed by atoms with Gasteiger partial charge < -0.3 is 15.3 Å². The maximum absolute atomic E-state index is 10.9. The number of aliphatic carboxylic acids is 1. The fraction of sp³-hybridized carbons (Fsp3) is 0.462. The van der Waals surface area contributed by atoms with E-state index in [1.165, 1.54) is 0 Å². The Morgan fingerprint density at radius 3 is 2.72 bits per heavy atom. The zero-order valence-electron chi connectivity index (χ0n) is 10.4. The van der Waals surface area contributed by atoms with Gasteiger partial charge in [0, 0.05) is 35.4 Å². The van der Waals surface area contributed by atoms with Crippen molar-refractivity contribution >= 4 is 34.2 Å².